The van der Waals surface area contributed by atoms with Crippen molar-refractivity contribution in [3.05, 3.63) is 54.4 Å². The predicted molar refractivity (Wildman–Crippen MR) is 106 cm³/mol. The standard InChI is InChI=1S/C22H27N3O2/c1-2-6-20(26)25-12-5-10-22(16-25,21(23)27)14-17-7-3-8-18(13-17)19-9-4-11-24-15-19/h3-4,7-9,11,13,15H,2,5-6,10,12,14,16H2,1H3,(H2,23,27)/t22-/m0/s1. The lowest BCUT2D eigenvalue weighted by Gasteiger charge is -2.41. The van der Waals surface area contributed by atoms with Gasteiger partial charge in [-0.3, -0.25) is 14.6 Å². The van der Waals surface area contributed by atoms with E-state index in [-0.39, 0.29) is 11.8 Å². The summed E-state index contributed by atoms with van der Waals surface area (Å²) in [7, 11) is 0. The van der Waals surface area contributed by atoms with Crippen LogP contribution in [-0.4, -0.2) is 34.8 Å². The molecule has 0 spiro atoms. The van der Waals surface area contributed by atoms with Gasteiger partial charge in [0, 0.05) is 31.9 Å². The molecule has 0 aliphatic carbocycles. The van der Waals surface area contributed by atoms with E-state index in [0.717, 1.165) is 36.0 Å². The van der Waals surface area contributed by atoms with Crippen molar-refractivity contribution in [1.82, 2.24) is 9.88 Å². The maximum Gasteiger partial charge on any atom is 0.225 e. The summed E-state index contributed by atoms with van der Waals surface area (Å²) in [4.78, 5) is 30.8. The number of amides is 2. The molecule has 1 aliphatic rings. The third kappa shape index (κ3) is 4.35. The zero-order chi connectivity index (χ0) is 19.3. The maximum atomic E-state index is 12.4. The molecule has 0 unspecified atom stereocenters. The fraction of sp³-hybridized carbons (Fsp3) is 0.409. The average Bonchev–Trinajstić information content (AvgIpc) is 2.69. The topological polar surface area (TPSA) is 76.3 Å². The molecule has 1 aromatic heterocycles. The van der Waals surface area contributed by atoms with Crippen molar-refractivity contribution in [1.29, 1.82) is 0 Å². The quantitative estimate of drug-likeness (QED) is 0.854. The van der Waals surface area contributed by atoms with Crippen molar-refractivity contribution < 1.29 is 9.59 Å². The molecule has 27 heavy (non-hydrogen) atoms. The number of hydrogen-bond acceptors (Lipinski definition) is 3. The lowest BCUT2D eigenvalue weighted by molar-refractivity contribution is -0.140. The summed E-state index contributed by atoms with van der Waals surface area (Å²) in [5.74, 6) is -0.199. The summed E-state index contributed by atoms with van der Waals surface area (Å²) in [6.07, 6.45) is 6.98. The van der Waals surface area contributed by atoms with E-state index in [1.165, 1.54) is 0 Å². The normalized spacial score (nSPS) is 19.7. The van der Waals surface area contributed by atoms with Crippen LogP contribution in [0, 0.1) is 5.41 Å². The lowest BCUT2D eigenvalue weighted by Crippen LogP contribution is -2.53. The Morgan fingerprint density at radius 3 is 2.74 bits per heavy atom. The number of nitrogens with two attached hydrogens (primary N) is 1. The van der Waals surface area contributed by atoms with Gasteiger partial charge in [0.15, 0.2) is 0 Å². The van der Waals surface area contributed by atoms with Crippen molar-refractivity contribution in [3.63, 3.8) is 0 Å². The SMILES string of the molecule is CCCC(=O)N1CCC[C@@](Cc2cccc(-c3cccnc3)c2)(C(N)=O)C1. The van der Waals surface area contributed by atoms with Crippen LogP contribution in [0.3, 0.4) is 0 Å². The summed E-state index contributed by atoms with van der Waals surface area (Å²) >= 11 is 0. The highest BCUT2D eigenvalue weighted by molar-refractivity contribution is 5.83. The first-order valence-electron chi connectivity index (χ1n) is 9.61. The first-order chi connectivity index (χ1) is 13.0. The number of hydrogen-bond donors (Lipinski definition) is 1. The van der Waals surface area contributed by atoms with Crippen LogP contribution in [0.1, 0.15) is 38.2 Å². The molecule has 2 heterocycles. The van der Waals surface area contributed by atoms with Gasteiger partial charge in [-0.05, 0) is 48.4 Å². The average molecular weight is 365 g/mol. The summed E-state index contributed by atoms with van der Waals surface area (Å²) in [5.41, 5.74) is 8.31. The van der Waals surface area contributed by atoms with Crippen LogP contribution in [-0.2, 0) is 16.0 Å². The van der Waals surface area contributed by atoms with Gasteiger partial charge < -0.3 is 10.6 Å². The molecular weight excluding hydrogens is 338 g/mol. The second kappa shape index (κ2) is 8.33. The van der Waals surface area contributed by atoms with E-state index < -0.39 is 5.41 Å². The number of primary amides is 1. The molecule has 2 aromatic rings. The number of carbonyl (C=O) groups excluding carboxylic acids is 2. The Labute approximate surface area is 160 Å². The fourth-order valence-electron chi connectivity index (χ4n) is 3.93. The Bertz CT molecular complexity index is 806. The molecule has 1 aliphatic heterocycles. The Balaban J connectivity index is 1.84. The van der Waals surface area contributed by atoms with E-state index >= 15 is 0 Å². The zero-order valence-electron chi connectivity index (χ0n) is 15.9. The molecule has 1 fully saturated rings. The third-order valence-electron chi connectivity index (χ3n) is 5.38. The van der Waals surface area contributed by atoms with Gasteiger partial charge in [-0.25, -0.2) is 0 Å². The van der Waals surface area contributed by atoms with E-state index in [0.29, 0.717) is 25.9 Å². The van der Waals surface area contributed by atoms with Gasteiger partial charge in [-0.1, -0.05) is 37.3 Å². The number of benzene rings is 1. The number of rotatable bonds is 6. The van der Waals surface area contributed by atoms with Crippen molar-refractivity contribution in [3.8, 4) is 11.1 Å². The number of nitrogens with zero attached hydrogens (tertiary/aromatic N) is 2. The number of carbonyl (C=O) groups is 2. The van der Waals surface area contributed by atoms with Gasteiger partial charge in [0.2, 0.25) is 11.8 Å². The van der Waals surface area contributed by atoms with Crippen LogP contribution in [0.5, 0.6) is 0 Å². The van der Waals surface area contributed by atoms with E-state index in [9.17, 15) is 9.59 Å². The number of likely N-dealkylation sites (tertiary alicyclic amines) is 1. The molecule has 2 N–H and O–H groups in total. The Hall–Kier alpha value is -2.69. The number of piperidine rings is 1. The van der Waals surface area contributed by atoms with Gasteiger partial charge >= 0.3 is 0 Å². The van der Waals surface area contributed by atoms with Crippen molar-refractivity contribution in [2.24, 2.45) is 11.1 Å². The van der Waals surface area contributed by atoms with Crippen LogP contribution in [0.25, 0.3) is 11.1 Å². The van der Waals surface area contributed by atoms with Crippen LogP contribution < -0.4 is 5.73 Å². The molecule has 1 saturated heterocycles. The molecule has 3 rings (SSSR count). The molecule has 142 valence electrons. The van der Waals surface area contributed by atoms with Gasteiger partial charge in [0.05, 0.1) is 5.41 Å². The molecule has 2 amide bonds. The van der Waals surface area contributed by atoms with Crippen LogP contribution in [0.15, 0.2) is 48.8 Å². The predicted octanol–water partition coefficient (Wildman–Crippen LogP) is 3.19. The second-order valence-corrected chi connectivity index (χ2v) is 7.43. The maximum absolute atomic E-state index is 12.4. The summed E-state index contributed by atoms with van der Waals surface area (Å²) in [6, 6.07) is 12.1. The van der Waals surface area contributed by atoms with Gasteiger partial charge in [0.25, 0.3) is 0 Å². The van der Waals surface area contributed by atoms with E-state index in [1.54, 1.807) is 6.20 Å². The first-order valence-corrected chi connectivity index (χ1v) is 9.61. The minimum atomic E-state index is -0.699. The number of aromatic nitrogens is 1. The van der Waals surface area contributed by atoms with Gasteiger partial charge in [0.1, 0.15) is 0 Å². The molecule has 1 aromatic carbocycles. The van der Waals surface area contributed by atoms with Crippen LogP contribution in [0.2, 0.25) is 0 Å². The third-order valence-corrected chi connectivity index (χ3v) is 5.38. The highest BCUT2D eigenvalue weighted by Crippen LogP contribution is 2.35. The summed E-state index contributed by atoms with van der Waals surface area (Å²) in [6.45, 7) is 3.12. The van der Waals surface area contributed by atoms with Gasteiger partial charge in [-0.2, -0.15) is 0 Å². The number of pyridine rings is 1. The van der Waals surface area contributed by atoms with Crippen LogP contribution >= 0.6 is 0 Å². The zero-order valence-corrected chi connectivity index (χ0v) is 15.9. The molecule has 0 radical (unpaired) electrons. The molecule has 5 heteroatoms. The molecule has 0 saturated carbocycles. The smallest absolute Gasteiger partial charge is 0.225 e. The van der Waals surface area contributed by atoms with Crippen molar-refractivity contribution in [2.75, 3.05) is 13.1 Å². The highest BCUT2D eigenvalue weighted by atomic mass is 16.2. The van der Waals surface area contributed by atoms with E-state index in [1.807, 2.05) is 48.4 Å². The molecule has 0 bridgehead atoms. The second-order valence-electron chi connectivity index (χ2n) is 7.43. The van der Waals surface area contributed by atoms with Crippen molar-refractivity contribution in [2.45, 2.75) is 39.0 Å². The Morgan fingerprint density at radius 2 is 2.04 bits per heavy atom. The molecular formula is C22H27N3O2. The fourth-order valence-corrected chi connectivity index (χ4v) is 3.93. The lowest BCUT2D eigenvalue weighted by atomic mass is 9.74. The minimum Gasteiger partial charge on any atom is -0.369 e. The van der Waals surface area contributed by atoms with Gasteiger partial charge in [-0.15, -0.1) is 0 Å². The van der Waals surface area contributed by atoms with E-state index in [2.05, 4.69) is 11.1 Å². The minimum absolute atomic E-state index is 0.118. The largest absolute Gasteiger partial charge is 0.369 e. The Kier molecular flexibility index (Phi) is 5.89. The molecule has 5 nitrogen and oxygen atoms in total. The van der Waals surface area contributed by atoms with Crippen molar-refractivity contribution >= 4 is 11.8 Å². The summed E-state index contributed by atoms with van der Waals surface area (Å²) < 4.78 is 0. The first kappa shape index (κ1) is 19.1. The van der Waals surface area contributed by atoms with Crippen LogP contribution in [0.4, 0.5) is 0 Å². The highest BCUT2D eigenvalue weighted by Gasteiger charge is 2.42. The monoisotopic (exact) mass is 365 g/mol. The molecule has 1 atom stereocenters. The summed E-state index contributed by atoms with van der Waals surface area (Å²) in [5, 5.41) is 0. The Morgan fingerprint density at radius 1 is 1.22 bits per heavy atom. The van der Waals surface area contributed by atoms with E-state index in [4.69, 9.17) is 5.73 Å².